The SMILES string of the molecule is C[C@@H]1CN(C[C@H]2C[C@H](c3ccc(CN4CCCC4)cc3)C2)C[C@H](C)O1. The molecule has 0 spiro atoms. The summed E-state index contributed by atoms with van der Waals surface area (Å²) in [6.07, 6.45) is 6.27. The third kappa shape index (κ3) is 4.45. The predicted molar refractivity (Wildman–Crippen MR) is 103 cm³/mol. The third-order valence-corrected chi connectivity index (χ3v) is 6.30. The van der Waals surface area contributed by atoms with Crippen molar-refractivity contribution in [2.45, 2.75) is 64.2 Å². The molecule has 25 heavy (non-hydrogen) atoms. The molecule has 1 aromatic rings. The van der Waals surface area contributed by atoms with Gasteiger partial charge in [-0.1, -0.05) is 24.3 Å². The van der Waals surface area contributed by atoms with Gasteiger partial charge >= 0.3 is 0 Å². The molecule has 1 saturated carbocycles. The Morgan fingerprint density at radius 3 is 2.20 bits per heavy atom. The summed E-state index contributed by atoms with van der Waals surface area (Å²) in [5.41, 5.74) is 3.04. The van der Waals surface area contributed by atoms with E-state index in [9.17, 15) is 0 Å². The van der Waals surface area contributed by atoms with Crippen LogP contribution in [-0.4, -0.2) is 54.7 Å². The highest BCUT2D eigenvalue weighted by atomic mass is 16.5. The van der Waals surface area contributed by atoms with Crippen LogP contribution in [0.4, 0.5) is 0 Å². The Bertz CT molecular complexity index is 536. The van der Waals surface area contributed by atoms with E-state index in [4.69, 9.17) is 4.74 Å². The Morgan fingerprint density at radius 2 is 1.56 bits per heavy atom. The maximum atomic E-state index is 5.85. The number of nitrogens with zero attached hydrogens (tertiary/aromatic N) is 2. The standard InChI is InChI=1S/C22H34N2O/c1-17-13-24(14-18(2)25-17)16-20-11-22(12-20)21-7-5-19(6-8-21)15-23-9-3-4-10-23/h5-8,17-18,20,22H,3-4,9-16H2,1-2H3/t17-,18+,20-,22-. The monoisotopic (exact) mass is 342 g/mol. The van der Waals surface area contributed by atoms with E-state index in [1.165, 1.54) is 50.9 Å². The zero-order chi connectivity index (χ0) is 17.2. The Kier molecular flexibility index (Phi) is 5.44. The van der Waals surface area contributed by atoms with Crippen LogP contribution in [0.2, 0.25) is 0 Å². The van der Waals surface area contributed by atoms with E-state index >= 15 is 0 Å². The van der Waals surface area contributed by atoms with Crippen LogP contribution in [0.15, 0.2) is 24.3 Å². The smallest absolute Gasteiger partial charge is 0.0678 e. The van der Waals surface area contributed by atoms with Crippen molar-refractivity contribution >= 4 is 0 Å². The number of hydrogen-bond acceptors (Lipinski definition) is 3. The first kappa shape index (κ1) is 17.5. The third-order valence-electron chi connectivity index (χ3n) is 6.30. The molecule has 0 aromatic heterocycles. The van der Waals surface area contributed by atoms with Crippen LogP contribution in [-0.2, 0) is 11.3 Å². The second kappa shape index (κ2) is 7.77. The summed E-state index contributed by atoms with van der Waals surface area (Å²) in [4.78, 5) is 5.21. The van der Waals surface area contributed by atoms with Crippen LogP contribution in [0.25, 0.3) is 0 Å². The number of likely N-dealkylation sites (tertiary alicyclic amines) is 1. The number of rotatable bonds is 5. The molecule has 0 amide bonds. The van der Waals surface area contributed by atoms with Crippen molar-refractivity contribution < 1.29 is 4.74 Å². The molecule has 138 valence electrons. The topological polar surface area (TPSA) is 15.7 Å². The van der Waals surface area contributed by atoms with Gasteiger partial charge in [0.2, 0.25) is 0 Å². The summed E-state index contributed by atoms with van der Waals surface area (Å²) in [5.74, 6) is 1.67. The highest BCUT2D eigenvalue weighted by Gasteiger charge is 2.33. The maximum absolute atomic E-state index is 5.85. The van der Waals surface area contributed by atoms with Crippen LogP contribution in [0.5, 0.6) is 0 Å². The predicted octanol–water partition coefficient (Wildman–Crippen LogP) is 3.89. The minimum Gasteiger partial charge on any atom is -0.373 e. The van der Waals surface area contributed by atoms with Gasteiger partial charge in [0, 0.05) is 26.2 Å². The highest BCUT2D eigenvalue weighted by Crippen LogP contribution is 2.42. The molecule has 1 aliphatic carbocycles. The van der Waals surface area contributed by atoms with Crippen LogP contribution >= 0.6 is 0 Å². The molecule has 3 heteroatoms. The molecule has 3 aliphatic rings. The lowest BCUT2D eigenvalue weighted by atomic mass is 9.71. The van der Waals surface area contributed by atoms with E-state index in [0.717, 1.165) is 31.5 Å². The lowest BCUT2D eigenvalue weighted by Crippen LogP contribution is -2.48. The fourth-order valence-corrected chi connectivity index (χ4v) is 5.05. The van der Waals surface area contributed by atoms with Gasteiger partial charge in [0.25, 0.3) is 0 Å². The van der Waals surface area contributed by atoms with Crippen molar-refractivity contribution in [1.82, 2.24) is 9.80 Å². The molecule has 0 N–H and O–H groups in total. The molecular weight excluding hydrogens is 308 g/mol. The van der Waals surface area contributed by atoms with Crippen LogP contribution in [0, 0.1) is 5.92 Å². The first-order valence-electron chi connectivity index (χ1n) is 10.3. The van der Waals surface area contributed by atoms with E-state index in [-0.39, 0.29) is 0 Å². The minimum absolute atomic E-state index is 0.391. The molecule has 3 nitrogen and oxygen atoms in total. The van der Waals surface area contributed by atoms with E-state index in [2.05, 4.69) is 47.9 Å². The van der Waals surface area contributed by atoms with Gasteiger partial charge < -0.3 is 4.74 Å². The van der Waals surface area contributed by atoms with E-state index in [1.54, 1.807) is 5.56 Å². The second-order valence-corrected chi connectivity index (χ2v) is 8.74. The van der Waals surface area contributed by atoms with Crippen LogP contribution < -0.4 is 0 Å². The van der Waals surface area contributed by atoms with Crippen molar-refractivity contribution in [3.63, 3.8) is 0 Å². The molecule has 0 bridgehead atoms. The largest absolute Gasteiger partial charge is 0.373 e. The van der Waals surface area contributed by atoms with E-state index < -0.39 is 0 Å². The molecule has 3 fully saturated rings. The summed E-state index contributed by atoms with van der Waals surface area (Å²) in [6, 6.07) is 9.52. The van der Waals surface area contributed by atoms with Gasteiger partial charge in [0.05, 0.1) is 12.2 Å². The molecule has 0 unspecified atom stereocenters. The van der Waals surface area contributed by atoms with Gasteiger partial charge in [-0.05, 0) is 75.6 Å². The zero-order valence-electron chi connectivity index (χ0n) is 16.0. The van der Waals surface area contributed by atoms with Crippen molar-refractivity contribution in [2.24, 2.45) is 5.92 Å². The highest BCUT2D eigenvalue weighted by molar-refractivity contribution is 5.27. The fraction of sp³-hybridized carbons (Fsp3) is 0.727. The summed E-state index contributed by atoms with van der Waals surface area (Å²) in [6.45, 7) is 11.6. The number of hydrogen-bond donors (Lipinski definition) is 0. The van der Waals surface area contributed by atoms with Crippen molar-refractivity contribution in [3.8, 4) is 0 Å². The molecule has 0 radical (unpaired) electrons. The summed E-state index contributed by atoms with van der Waals surface area (Å²) >= 11 is 0. The lowest BCUT2D eigenvalue weighted by Gasteiger charge is -2.42. The zero-order valence-corrected chi connectivity index (χ0v) is 16.0. The molecule has 1 aromatic carbocycles. The van der Waals surface area contributed by atoms with Crippen LogP contribution in [0.3, 0.4) is 0 Å². The molecule has 4 rings (SSSR count). The molecular formula is C22H34N2O. The Labute approximate surface area is 153 Å². The Balaban J connectivity index is 1.23. The summed E-state index contributed by atoms with van der Waals surface area (Å²) < 4.78 is 5.85. The van der Waals surface area contributed by atoms with Crippen molar-refractivity contribution in [1.29, 1.82) is 0 Å². The van der Waals surface area contributed by atoms with E-state index in [0.29, 0.717) is 12.2 Å². The number of benzene rings is 1. The van der Waals surface area contributed by atoms with Crippen molar-refractivity contribution in [3.05, 3.63) is 35.4 Å². The molecule has 2 aliphatic heterocycles. The van der Waals surface area contributed by atoms with Gasteiger partial charge in [-0.2, -0.15) is 0 Å². The molecule has 2 heterocycles. The van der Waals surface area contributed by atoms with Crippen molar-refractivity contribution in [2.75, 3.05) is 32.7 Å². The first-order chi connectivity index (χ1) is 12.2. The summed E-state index contributed by atoms with van der Waals surface area (Å²) in [5, 5.41) is 0. The van der Waals surface area contributed by atoms with E-state index in [1.807, 2.05) is 0 Å². The van der Waals surface area contributed by atoms with Gasteiger partial charge in [-0.25, -0.2) is 0 Å². The first-order valence-corrected chi connectivity index (χ1v) is 10.3. The number of ether oxygens (including phenoxy) is 1. The Morgan fingerprint density at radius 1 is 0.920 bits per heavy atom. The van der Waals surface area contributed by atoms with Gasteiger partial charge in [-0.3, -0.25) is 9.80 Å². The molecule has 2 atom stereocenters. The molecule has 2 saturated heterocycles. The minimum atomic E-state index is 0.391. The second-order valence-electron chi connectivity index (χ2n) is 8.74. The lowest BCUT2D eigenvalue weighted by molar-refractivity contribution is -0.0746. The number of morpholine rings is 1. The normalized spacial score (nSPS) is 34.2. The van der Waals surface area contributed by atoms with Crippen LogP contribution in [0.1, 0.15) is 56.6 Å². The summed E-state index contributed by atoms with van der Waals surface area (Å²) in [7, 11) is 0. The van der Waals surface area contributed by atoms with Gasteiger partial charge in [0.15, 0.2) is 0 Å². The fourth-order valence-electron chi connectivity index (χ4n) is 5.05. The maximum Gasteiger partial charge on any atom is 0.0678 e. The quantitative estimate of drug-likeness (QED) is 0.807. The Hall–Kier alpha value is -0.900. The van der Waals surface area contributed by atoms with Gasteiger partial charge in [0.1, 0.15) is 0 Å². The van der Waals surface area contributed by atoms with Gasteiger partial charge in [-0.15, -0.1) is 0 Å². The average molecular weight is 343 g/mol. The average Bonchev–Trinajstić information content (AvgIpc) is 3.04.